The molecule has 0 radical (unpaired) electrons. The number of ether oxygens (including phenoxy) is 1. The second-order valence-corrected chi connectivity index (χ2v) is 7.23. The fourth-order valence-electron chi connectivity index (χ4n) is 3.82. The molecule has 0 unspecified atom stereocenters. The number of piperidine rings is 1. The van der Waals surface area contributed by atoms with Crippen molar-refractivity contribution in [3.8, 4) is 5.75 Å². The maximum absolute atomic E-state index is 13.6. The Morgan fingerprint density at radius 1 is 1.24 bits per heavy atom. The van der Waals surface area contributed by atoms with Crippen molar-refractivity contribution < 1.29 is 28.9 Å². The third kappa shape index (κ3) is 4.24. The zero-order chi connectivity index (χ0) is 21.0. The largest absolute Gasteiger partial charge is 0.493 e. The lowest BCUT2D eigenvalue weighted by molar-refractivity contribution is -0.161. The first-order valence-electron chi connectivity index (χ1n) is 9.54. The monoisotopic (exact) mass is 401 g/mol. The molecule has 0 spiro atoms. The average Bonchev–Trinajstić information content (AvgIpc) is 2.70. The number of carboxylic acid groups (broad SMARTS) is 1. The highest BCUT2D eigenvalue weighted by Gasteiger charge is 2.50. The van der Waals surface area contributed by atoms with Gasteiger partial charge in [-0.2, -0.15) is 0 Å². The topological polar surface area (TPSA) is 87.1 Å². The zero-order valence-electron chi connectivity index (χ0n) is 16.2. The van der Waals surface area contributed by atoms with Gasteiger partial charge in [0.2, 0.25) is 0 Å². The molecule has 1 heterocycles. The first-order valence-corrected chi connectivity index (χ1v) is 9.54. The Bertz CT molecular complexity index is 902. The van der Waals surface area contributed by atoms with Gasteiger partial charge in [0.05, 0.1) is 18.3 Å². The van der Waals surface area contributed by atoms with E-state index in [2.05, 4.69) is 0 Å². The molecule has 0 aliphatic carbocycles. The Morgan fingerprint density at radius 2 is 2.00 bits per heavy atom. The molecule has 29 heavy (non-hydrogen) atoms. The maximum atomic E-state index is 13.6. The molecule has 0 bridgehead atoms. The molecule has 2 aromatic rings. The van der Waals surface area contributed by atoms with Gasteiger partial charge in [-0.1, -0.05) is 24.3 Å². The number of benzene rings is 2. The Morgan fingerprint density at radius 3 is 2.69 bits per heavy atom. The highest BCUT2D eigenvalue weighted by molar-refractivity contribution is 5.97. The van der Waals surface area contributed by atoms with Crippen LogP contribution < -0.4 is 4.74 Å². The van der Waals surface area contributed by atoms with E-state index in [0.717, 1.165) is 0 Å². The number of carboxylic acids is 1. The molecule has 1 saturated heterocycles. The van der Waals surface area contributed by atoms with Crippen LogP contribution in [0.2, 0.25) is 0 Å². The number of hydrogen-bond donors (Lipinski definition) is 2. The summed E-state index contributed by atoms with van der Waals surface area (Å²) in [6.45, 7) is 2.24. The molecule has 2 aromatic carbocycles. The van der Waals surface area contributed by atoms with E-state index in [4.69, 9.17) is 4.74 Å². The maximum Gasteiger partial charge on any atom is 0.314 e. The number of aliphatic hydroxyl groups is 1. The van der Waals surface area contributed by atoms with E-state index in [1.165, 1.54) is 23.1 Å². The minimum Gasteiger partial charge on any atom is -0.493 e. The number of aliphatic hydroxyl groups excluding tert-OH is 1. The molecule has 7 heteroatoms. The number of nitrogens with zero attached hydrogens (tertiary/aromatic N) is 1. The lowest BCUT2D eigenvalue weighted by atomic mass is 9.72. The van der Waals surface area contributed by atoms with Crippen LogP contribution in [0, 0.1) is 11.2 Å². The third-order valence-electron chi connectivity index (χ3n) is 5.32. The van der Waals surface area contributed by atoms with Crippen molar-refractivity contribution in [3.05, 3.63) is 65.5 Å². The zero-order valence-corrected chi connectivity index (χ0v) is 16.2. The van der Waals surface area contributed by atoms with Gasteiger partial charge in [0.15, 0.2) is 0 Å². The van der Waals surface area contributed by atoms with E-state index in [1.807, 2.05) is 6.92 Å². The second-order valence-electron chi connectivity index (χ2n) is 7.23. The van der Waals surface area contributed by atoms with Crippen molar-refractivity contribution >= 4 is 11.9 Å². The SMILES string of the molecule is CCOc1ccccc1C(=O)N1CC[C@@H](O)[C@](Cc2cccc(F)c2)(C(=O)O)C1. The minimum atomic E-state index is -1.62. The van der Waals surface area contributed by atoms with E-state index in [1.54, 1.807) is 30.3 Å². The summed E-state index contributed by atoms with van der Waals surface area (Å²) in [7, 11) is 0. The number of halogens is 1. The summed E-state index contributed by atoms with van der Waals surface area (Å²) in [5.41, 5.74) is -0.825. The van der Waals surface area contributed by atoms with Crippen LogP contribution in [0.1, 0.15) is 29.3 Å². The van der Waals surface area contributed by atoms with E-state index in [9.17, 15) is 24.2 Å². The summed E-state index contributed by atoms with van der Waals surface area (Å²) in [6, 6.07) is 12.4. The number of amides is 1. The number of para-hydroxylation sites is 1. The molecular formula is C22H24FNO5. The summed E-state index contributed by atoms with van der Waals surface area (Å²) < 4.78 is 19.1. The van der Waals surface area contributed by atoms with Gasteiger partial charge in [-0.05, 0) is 49.6 Å². The number of rotatable bonds is 6. The molecule has 6 nitrogen and oxygen atoms in total. The van der Waals surface area contributed by atoms with Crippen LogP contribution in [0.5, 0.6) is 5.75 Å². The van der Waals surface area contributed by atoms with E-state index < -0.39 is 23.3 Å². The Balaban J connectivity index is 1.91. The summed E-state index contributed by atoms with van der Waals surface area (Å²) in [4.78, 5) is 26.8. The summed E-state index contributed by atoms with van der Waals surface area (Å²) in [5, 5.41) is 20.6. The van der Waals surface area contributed by atoms with Crippen LogP contribution in [0.15, 0.2) is 48.5 Å². The van der Waals surface area contributed by atoms with E-state index >= 15 is 0 Å². The number of carbonyl (C=O) groups excluding carboxylic acids is 1. The molecule has 0 saturated carbocycles. The summed E-state index contributed by atoms with van der Waals surface area (Å²) >= 11 is 0. The van der Waals surface area contributed by atoms with Crippen LogP contribution >= 0.6 is 0 Å². The number of hydrogen-bond acceptors (Lipinski definition) is 4. The lowest BCUT2D eigenvalue weighted by Crippen LogP contribution is -2.58. The lowest BCUT2D eigenvalue weighted by Gasteiger charge is -2.43. The predicted octanol–water partition coefficient (Wildman–Crippen LogP) is 2.74. The van der Waals surface area contributed by atoms with Gasteiger partial charge >= 0.3 is 5.97 Å². The second kappa shape index (κ2) is 8.61. The average molecular weight is 401 g/mol. The highest BCUT2D eigenvalue weighted by Crippen LogP contribution is 2.36. The fourth-order valence-corrected chi connectivity index (χ4v) is 3.82. The molecule has 2 atom stereocenters. The number of aliphatic carboxylic acids is 1. The molecule has 154 valence electrons. The van der Waals surface area contributed by atoms with Crippen molar-refractivity contribution in [1.82, 2.24) is 4.90 Å². The molecule has 1 aliphatic rings. The summed E-state index contributed by atoms with van der Waals surface area (Å²) in [5.74, 6) is -1.63. The molecule has 1 fully saturated rings. The molecular weight excluding hydrogens is 377 g/mol. The van der Waals surface area contributed by atoms with Crippen molar-refractivity contribution in [3.63, 3.8) is 0 Å². The summed E-state index contributed by atoms with van der Waals surface area (Å²) in [6.07, 6.45) is -1.13. The molecule has 2 N–H and O–H groups in total. The smallest absolute Gasteiger partial charge is 0.314 e. The van der Waals surface area contributed by atoms with Crippen LogP contribution in [0.4, 0.5) is 4.39 Å². The first kappa shape index (κ1) is 20.8. The third-order valence-corrected chi connectivity index (χ3v) is 5.32. The number of likely N-dealkylation sites (tertiary alicyclic amines) is 1. The molecule has 1 aliphatic heterocycles. The van der Waals surface area contributed by atoms with Gasteiger partial charge in [-0.25, -0.2) is 4.39 Å². The minimum absolute atomic E-state index is 0.0852. The van der Waals surface area contributed by atoms with Crippen molar-refractivity contribution in [2.45, 2.75) is 25.9 Å². The normalized spacial score (nSPS) is 21.6. The van der Waals surface area contributed by atoms with Crippen LogP contribution in [-0.2, 0) is 11.2 Å². The van der Waals surface area contributed by atoms with E-state index in [-0.39, 0.29) is 31.8 Å². The fraction of sp³-hybridized carbons (Fsp3) is 0.364. The van der Waals surface area contributed by atoms with Gasteiger partial charge in [-0.3, -0.25) is 9.59 Å². The van der Waals surface area contributed by atoms with Gasteiger partial charge in [0, 0.05) is 13.1 Å². The standard InChI is InChI=1S/C22H24FNO5/c1-2-29-18-9-4-3-8-17(18)20(26)24-11-10-19(25)22(14-24,21(27)28)13-15-6-5-7-16(23)12-15/h3-9,12,19,25H,2,10-11,13-14H2,1H3,(H,27,28)/t19-,22-/m1/s1. The van der Waals surface area contributed by atoms with Gasteiger partial charge in [0.25, 0.3) is 5.91 Å². The molecule has 1 amide bonds. The molecule has 3 rings (SSSR count). The quantitative estimate of drug-likeness (QED) is 0.777. The van der Waals surface area contributed by atoms with Gasteiger partial charge in [-0.15, -0.1) is 0 Å². The Kier molecular flexibility index (Phi) is 6.17. The van der Waals surface area contributed by atoms with Crippen molar-refractivity contribution in [2.75, 3.05) is 19.7 Å². The van der Waals surface area contributed by atoms with Gasteiger partial charge < -0.3 is 19.8 Å². The first-order chi connectivity index (χ1) is 13.9. The van der Waals surface area contributed by atoms with Crippen LogP contribution in [0.25, 0.3) is 0 Å². The predicted molar refractivity (Wildman–Crippen MR) is 104 cm³/mol. The van der Waals surface area contributed by atoms with Crippen molar-refractivity contribution in [1.29, 1.82) is 0 Å². The van der Waals surface area contributed by atoms with Crippen molar-refractivity contribution in [2.24, 2.45) is 5.41 Å². The number of carbonyl (C=O) groups is 2. The van der Waals surface area contributed by atoms with Gasteiger partial charge in [0.1, 0.15) is 17.0 Å². The Labute approximate surface area is 168 Å². The van der Waals surface area contributed by atoms with Crippen LogP contribution in [0.3, 0.4) is 0 Å². The van der Waals surface area contributed by atoms with Crippen LogP contribution in [-0.4, -0.2) is 52.8 Å². The highest BCUT2D eigenvalue weighted by atomic mass is 19.1. The Hall–Kier alpha value is -2.93. The molecule has 0 aromatic heterocycles. The van der Waals surface area contributed by atoms with E-state index in [0.29, 0.717) is 23.5 Å².